The molecule has 5 heteroatoms. The Bertz CT molecular complexity index is 363. The number of ether oxygens (including phenoxy) is 3. The minimum Gasteiger partial charge on any atom is -0.379 e. The Balaban J connectivity index is 3.41. The largest absolute Gasteiger partial charge is 0.379 e. The van der Waals surface area contributed by atoms with Gasteiger partial charge in [0.25, 0.3) is 0 Å². The van der Waals surface area contributed by atoms with Gasteiger partial charge in [-0.1, -0.05) is 20.8 Å². The lowest BCUT2D eigenvalue weighted by Crippen LogP contribution is -2.22. The summed E-state index contributed by atoms with van der Waals surface area (Å²) >= 11 is 0. The van der Waals surface area contributed by atoms with E-state index in [9.17, 15) is 9.59 Å². The first-order valence-electron chi connectivity index (χ1n) is 8.87. The predicted octanol–water partition coefficient (Wildman–Crippen LogP) is 3.58. The Kier molecular flexibility index (Phi) is 11.3. The van der Waals surface area contributed by atoms with Gasteiger partial charge in [0.05, 0.1) is 32.0 Å². The Labute approximate surface area is 147 Å². The van der Waals surface area contributed by atoms with Crippen molar-refractivity contribution in [3.05, 3.63) is 0 Å². The molecule has 0 saturated carbocycles. The third-order valence-electron chi connectivity index (χ3n) is 3.35. The average Bonchev–Trinajstić information content (AvgIpc) is 2.44. The van der Waals surface area contributed by atoms with E-state index in [2.05, 4.69) is 0 Å². The average molecular weight is 344 g/mol. The third kappa shape index (κ3) is 14.8. The summed E-state index contributed by atoms with van der Waals surface area (Å²) in [6, 6.07) is 0. The predicted molar refractivity (Wildman–Crippen MR) is 95.3 cm³/mol. The highest BCUT2D eigenvalue weighted by Gasteiger charge is 2.21. The van der Waals surface area contributed by atoms with Crippen molar-refractivity contribution in [2.75, 3.05) is 33.0 Å². The van der Waals surface area contributed by atoms with Crippen LogP contribution in [0.1, 0.15) is 67.2 Å². The first kappa shape index (κ1) is 23.2. The molecule has 0 aromatic rings. The smallest absolute Gasteiger partial charge is 0.138 e. The minimum absolute atomic E-state index is 0.131. The third-order valence-corrected chi connectivity index (χ3v) is 3.35. The van der Waals surface area contributed by atoms with Crippen LogP contribution in [0.4, 0.5) is 0 Å². The lowest BCUT2D eigenvalue weighted by Gasteiger charge is -2.19. The van der Waals surface area contributed by atoms with Crippen LogP contribution in [0.3, 0.4) is 0 Å². The van der Waals surface area contributed by atoms with Gasteiger partial charge < -0.3 is 14.2 Å². The first-order valence-corrected chi connectivity index (χ1v) is 8.87. The molecule has 142 valence electrons. The van der Waals surface area contributed by atoms with Crippen LogP contribution in [-0.2, 0) is 23.8 Å². The summed E-state index contributed by atoms with van der Waals surface area (Å²) in [5.41, 5.74) is -0.495. The molecule has 0 spiro atoms. The zero-order valence-corrected chi connectivity index (χ0v) is 16.4. The first-order chi connectivity index (χ1) is 11.0. The van der Waals surface area contributed by atoms with Crippen LogP contribution in [0.15, 0.2) is 0 Å². The molecular formula is C19H36O5. The summed E-state index contributed by atoms with van der Waals surface area (Å²) in [6.07, 6.45) is 1.84. The van der Waals surface area contributed by atoms with Gasteiger partial charge in [-0.05, 0) is 27.2 Å². The second kappa shape index (κ2) is 11.7. The van der Waals surface area contributed by atoms with E-state index < -0.39 is 0 Å². The summed E-state index contributed by atoms with van der Waals surface area (Å²) in [5.74, 6) is 0.270. The number of rotatable bonds is 13. The minimum atomic E-state index is -0.360. The molecule has 0 aliphatic rings. The maximum atomic E-state index is 11.7. The molecular weight excluding hydrogens is 308 g/mol. The number of ketones is 2. The van der Waals surface area contributed by atoms with E-state index in [0.717, 1.165) is 0 Å². The Morgan fingerprint density at radius 2 is 1.25 bits per heavy atom. The second-order valence-corrected chi connectivity index (χ2v) is 8.00. The van der Waals surface area contributed by atoms with Crippen LogP contribution in [0.2, 0.25) is 0 Å². The number of hydrogen-bond donors (Lipinski definition) is 0. The molecule has 0 aromatic carbocycles. The number of carbonyl (C=O) groups excluding carboxylic acids is 2. The standard InChI is InChI=1S/C19H36O5/c1-18(2,3)17(21)10-9-16(20)8-7-11-22-12-13-23-14-15-24-19(4,5)6/h7-15H2,1-6H3. The highest BCUT2D eigenvalue weighted by Crippen LogP contribution is 2.18. The molecule has 0 bridgehead atoms. The van der Waals surface area contributed by atoms with E-state index in [0.29, 0.717) is 58.7 Å². The van der Waals surface area contributed by atoms with Crippen molar-refractivity contribution >= 4 is 11.6 Å². The molecule has 0 aliphatic heterocycles. The van der Waals surface area contributed by atoms with Gasteiger partial charge in [-0.3, -0.25) is 9.59 Å². The molecule has 0 fully saturated rings. The molecule has 5 nitrogen and oxygen atoms in total. The lowest BCUT2D eigenvalue weighted by molar-refractivity contribution is -0.129. The topological polar surface area (TPSA) is 61.8 Å². The zero-order chi connectivity index (χ0) is 18.6. The monoisotopic (exact) mass is 344 g/mol. The lowest BCUT2D eigenvalue weighted by atomic mass is 9.87. The van der Waals surface area contributed by atoms with Crippen molar-refractivity contribution in [1.29, 1.82) is 0 Å². The normalized spacial score (nSPS) is 12.4. The highest BCUT2D eigenvalue weighted by molar-refractivity contribution is 5.88. The molecule has 0 saturated heterocycles. The SMILES string of the molecule is CC(C)(C)OCCOCCOCCCC(=O)CCC(=O)C(C)(C)C. The maximum Gasteiger partial charge on any atom is 0.138 e. The fraction of sp³-hybridized carbons (Fsp3) is 0.895. The van der Waals surface area contributed by atoms with Gasteiger partial charge in [-0.15, -0.1) is 0 Å². The van der Waals surface area contributed by atoms with E-state index in [4.69, 9.17) is 14.2 Å². The second-order valence-electron chi connectivity index (χ2n) is 8.00. The fourth-order valence-corrected chi connectivity index (χ4v) is 1.85. The number of hydrogen-bond acceptors (Lipinski definition) is 5. The van der Waals surface area contributed by atoms with E-state index in [1.807, 2.05) is 41.5 Å². The van der Waals surface area contributed by atoms with Crippen LogP contribution in [0.25, 0.3) is 0 Å². The highest BCUT2D eigenvalue weighted by atomic mass is 16.5. The maximum absolute atomic E-state index is 11.7. The molecule has 0 unspecified atom stereocenters. The molecule has 0 aliphatic carbocycles. The van der Waals surface area contributed by atoms with E-state index in [1.54, 1.807) is 0 Å². The summed E-state index contributed by atoms with van der Waals surface area (Å²) in [4.78, 5) is 23.5. The molecule has 0 N–H and O–H groups in total. The summed E-state index contributed by atoms with van der Waals surface area (Å²) in [6.45, 7) is 14.4. The van der Waals surface area contributed by atoms with Gasteiger partial charge in [0.1, 0.15) is 11.6 Å². The van der Waals surface area contributed by atoms with Crippen molar-refractivity contribution in [3.8, 4) is 0 Å². The van der Waals surface area contributed by atoms with E-state index in [1.165, 1.54) is 0 Å². The summed E-state index contributed by atoms with van der Waals surface area (Å²) < 4.78 is 16.4. The summed E-state index contributed by atoms with van der Waals surface area (Å²) in [5, 5.41) is 0. The zero-order valence-electron chi connectivity index (χ0n) is 16.4. The molecule has 0 amide bonds. The van der Waals surface area contributed by atoms with Gasteiger partial charge in [-0.2, -0.15) is 0 Å². The Hall–Kier alpha value is -0.780. The van der Waals surface area contributed by atoms with Crippen molar-refractivity contribution < 1.29 is 23.8 Å². The van der Waals surface area contributed by atoms with Crippen LogP contribution >= 0.6 is 0 Å². The molecule has 0 rings (SSSR count). The molecule has 0 aromatic heterocycles. The van der Waals surface area contributed by atoms with Crippen molar-refractivity contribution in [2.24, 2.45) is 5.41 Å². The molecule has 0 heterocycles. The summed E-state index contributed by atoms with van der Waals surface area (Å²) in [7, 11) is 0. The van der Waals surface area contributed by atoms with Crippen molar-refractivity contribution in [3.63, 3.8) is 0 Å². The molecule has 0 atom stereocenters. The number of carbonyl (C=O) groups is 2. The van der Waals surface area contributed by atoms with E-state index >= 15 is 0 Å². The van der Waals surface area contributed by atoms with Gasteiger partial charge in [0.15, 0.2) is 0 Å². The van der Waals surface area contributed by atoms with Crippen LogP contribution in [0.5, 0.6) is 0 Å². The van der Waals surface area contributed by atoms with Gasteiger partial charge >= 0.3 is 0 Å². The number of Topliss-reactive ketones (excluding diaryl/α,β-unsaturated/α-hetero) is 2. The molecule has 0 radical (unpaired) electrons. The van der Waals surface area contributed by atoms with Crippen LogP contribution in [0, 0.1) is 5.41 Å². The van der Waals surface area contributed by atoms with Crippen molar-refractivity contribution in [1.82, 2.24) is 0 Å². The van der Waals surface area contributed by atoms with Gasteiger partial charge in [0.2, 0.25) is 0 Å². The Morgan fingerprint density at radius 3 is 1.79 bits per heavy atom. The van der Waals surface area contributed by atoms with Crippen LogP contribution in [-0.4, -0.2) is 50.2 Å². The van der Waals surface area contributed by atoms with Gasteiger partial charge in [0, 0.05) is 31.3 Å². The van der Waals surface area contributed by atoms with Crippen molar-refractivity contribution in [2.45, 2.75) is 72.8 Å². The van der Waals surface area contributed by atoms with Gasteiger partial charge in [-0.25, -0.2) is 0 Å². The quantitative estimate of drug-likeness (QED) is 0.478. The Morgan fingerprint density at radius 1 is 0.708 bits per heavy atom. The fourth-order valence-electron chi connectivity index (χ4n) is 1.85. The van der Waals surface area contributed by atoms with E-state index in [-0.39, 0.29) is 22.6 Å². The van der Waals surface area contributed by atoms with Crippen LogP contribution < -0.4 is 0 Å². The molecule has 24 heavy (non-hydrogen) atoms.